The Labute approximate surface area is 135 Å². The van der Waals surface area contributed by atoms with E-state index in [1.54, 1.807) is 0 Å². The summed E-state index contributed by atoms with van der Waals surface area (Å²) in [6.07, 6.45) is 0.224. The van der Waals surface area contributed by atoms with Gasteiger partial charge in [0.25, 0.3) is 0 Å². The highest BCUT2D eigenvalue weighted by atomic mass is 16.7. The molecular weight excluding hydrogens is 276 g/mol. The molecule has 0 N–H and O–H groups in total. The van der Waals surface area contributed by atoms with Crippen LogP contribution in [0.3, 0.4) is 0 Å². The van der Waals surface area contributed by atoms with Gasteiger partial charge < -0.3 is 9.47 Å². The van der Waals surface area contributed by atoms with Crippen molar-refractivity contribution < 1.29 is 14.3 Å². The number of carbonyl (C=O) groups is 1. The summed E-state index contributed by atoms with van der Waals surface area (Å²) in [5.41, 5.74) is 1.20. The second kappa shape index (κ2) is 8.33. The van der Waals surface area contributed by atoms with Crippen molar-refractivity contribution in [2.45, 2.75) is 60.2 Å². The minimum atomic E-state index is -0.470. The molecule has 1 aromatic rings. The van der Waals surface area contributed by atoms with E-state index in [9.17, 15) is 4.79 Å². The quantitative estimate of drug-likeness (QED) is 0.538. The zero-order chi connectivity index (χ0) is 16.8. The Kier molecular flexibility index (Phi) is 7.08. The van der Waals surface area contributed by atoms with Crippen molar-refractivity contribution >= 4 is 5.97 Å². The molecule has 0 saturated carbocycles. The lowest BCUT2D eigenvalue weighted by Crippen LogP contribution is -2.30. The normalized spacial score (nSPS) is 15.9. The van der Waals surface area contributed by atoms with Crippen LogP contribution in [0.4, 0.5) is 0 Å². The molecule has 0 heterocycles. The standard InChI is InChI=1S/C19H30O3/c1-7-21-17(13-19(4,5)6)22-18(20)15(3)14(2)16-11-9-8-10-12-16/h8-12,14-15,17H,7,13H2,1-6H3. The van der Waals surface area contributed by atoms with Crippen LogP contribution in [0.2, 0.25) is 0 Å². The summed E-state index contributed by atoms with van der Waals surface area (Å²) < 4.78 is 11.2. The van der Waals surface area contributed by atoms with Crippen molar-refractivity contribution in [1.29, 1.82) is 0 Å². The third-order valence-electron chi connectivity index (χ3n) is 3.83. The third-order valence-corrected chi connectivity index (χ3v) is 3.83. The van der Waals surface area contributed by atoms with E-state index in [0.29, 0.717) is 13.0 Å². The van der Waals surface area contributed by atoms with Crippen molar-refractivity contribution in [2.24, 2.45) is 11.3 Å². The fourth-order valence-corrected chi connectivity index (χ4v) is 2.31. The third kappa shape index (κ3) is 6.18. The van der Waals surface area contributed by atoms with Crippen LogP contribution in [0.1, 0.15) is 59.4 Å². The maximum Gasteiger partial charge on any atom is 0.311 e. The van der Waals surface area contributed by atoms with Crippen LogP contribution in [0, 0.1) is 11.3 Å². The summed E-state index contributed by atoms with van der Waals surface area (Å²) in [7, 11) is 0. The van der Waals surface area contributed by atoms with Gasteiger partial charge in [-0.05, 0) is 23.8 Å². The second-order valence-corrected chi connectivity index (χ2v) is 7.07. The first kappa shape index (κ1) is 18.7. The van der Waals surface area contributed by atoms with Gasteiger partial charge in [0, 0.05) is 13.0 Å². The lowest BCUT2D eigenvalue weighted by Gasteiger charge is -2.27. The van der Waals surface area contributed by atoms with E-state index in [2.05, 4.69) is 27.7 Å². The van der Waals surface area contributed by atoms with Crippen LogP contribution in [0.15, 0.2) is 30.3 Å². The van der Waals surface area contributed by atoms with Crippen LogP contribution in [-0.4, -0.2) is 18.9 Å². The van der Waals surface area contributed by atoms with Gasteiger partial charge in [0.15, 0.2) is 0 Å². The summed E-state index contributed by atoms with van der Waals surface area (Å²) >= 11 is 0. The molecule has 1 rings (SSSR count). The lowest BCUT2D eigenvalue weighted by molar-refractivity contribution is -0.188. The van der Waals surface area contributed by atoms with Gasteiger partial charge in [-0.3, -0.25) is 4.79 Å². The molecule has 22 heavy (non-hydrogen) atoms. The molecule has 0 aliphatic rings. The predicted octanol–water partition coefficient (Wildman–Crippen LogP) is 4.77. The van der Waals surface area contributed by atoms with E-state index in [4.69, 9.17) is 9.47 Å². The second-order valence-electron chi connectivity index (χ2n) is 7.07. The fourth-order valence-electron chi connectivity index (χ4n) is 2.31. The number of ether oxygens (including phenoxy) is 2. The Bertz CT molecular complexity index is 447. The molecule has 0 saturated heterocycles. The summed E-state index contributed by atoms with van der Waals surface area (Å²) in [6.45, 7) is 12.8. The maximum absolute atomic E-state index is 12.4. The zero-order valence-corrected chi connectivity index (χ0v) is 14.8. The molecular formula is C19H30O3. The molecule has 3 nitrogen and oxygen atoms in total. The number of carbonyl (C=O) groups excluding carboxylic acids is 1. The van der Waals surface area contributed by atoms with Crippen molar-refractivity contribution in [2.75, 3.05) is 6.61 Å². The Morgan fingerprint density at radius 2 is 1.73 bits per heavy atom. The van der Waals surface area contributed by atoms with Crippen LogP contribution >= 0.6 is 0 Å². The largest absolute Gasteiger partial charge is 0.436 e. The molecule has 3 heteroatoms. The van der Waals surface area contributed by atoms with Gasteiger partial charge >= 0.3 is 5.97 Å². The van der Waals surface area contributed by atoms with E-state index in [1.165, 1.54) is 0 Å². The van der Waals surface area contributed by atoms with Gasteiger partial charge in [-0.2, -0.15) is 0 Å². The average Bonchev–Trinajstić information content (AvgIpc) is 2.45. The Balaban J connectivity index is 2.68. The lowest BCUT2D eigenvalue weighted by atomic mass is 9.89. The van der Waals surface area contributed by atoms with Gasteiger partial charge in [0.1, 0.15) is 0 Å². The minimum Gasteiger partial charge on any atom is -0.436 e. The monoisotopic (exact) mass is 306 g/mol. The summed E-state index contributed by atoms with van der Waals surface area (Å²) in [5, 5.41) is 0. The molecule has 124 valence electrons. The first-order chi connectivity index (χ1) is 10.2. The van der Waals surface area contributed by atoms with Crippen molar-refractivity contribution in [3.63, 3.8) is 0 Å². The van der Waals surface area contributed by atoms with Crippen LogP contribution in [0.25, 0.3) is 0 Å². The predicted molar refractivity (Wildman–Crippen MR) is 89.6 cm³/mol. The molecule has 0 radical (unpaired) electrons. The van der Waals surface area contributed by atoms with Gasteiger partial charge in [0.2, 0.25) is 6.29 Å². The smallest absolute Gasteiger partial charge is 0.311 e. The topological polar surface area (TPSA) is 35.5 Å². The number of hydrogen-bond acceptors (Lipinski definition) is 3. The molecule has 0 amide bonds. The summed E-state index contributed by atoms with van der Waals surface area (Å²) in [4.78, 5) is 12.4. The van der Waals surface area contributed by atoms with Gasteiger partial charge in [-0.1, -0.05) is 65.0 Å². The van der Waals surface area contributed by atoms with E-state index < -0.39 is 6.29 Å². The van der Waals surface area contributed by atoms with Crippen LogP contribution < -0.4 is 0 Å². The van der Waals surface area contributed by atoms with Gasteiger partial charge in [0.05, 0.1) is 5.92 Å². The minimum absolute atomic E-state index is 0.0500. The number of esters is 1. The summed E-state index contributed by atoms with van der Waals surface area (Å²) in [6, 6.07) is 10.1. The first-order valence-electron chi connectivity index (χ1n) is 8.11. The SMILES string of the molecule is CCOC(CC(C)(C)C)OC(=O)C(C)C(C)c1ccccc1. The van der Waals surface area contributed by atoms with Crippen LogP contribution in [-0.2, 0) is 14.3 Å². The number of rotatable bonds is 7. The molecule has 0 aromatic heterocycles. The maximum atomic E-state index is 12.4. The van der Waals surface area contributed by atoms with Crippen molar-refractivity contribution in [3.05, 3.63) is 35.9 Å². The van der Waals surface area contributed by atoms with Crippen LogP contribution in [0.5, 0.6) is 0 Å². The van der Waals surface area contributed by atoms with E-state index >= 15 is 0 Å². The number of hydrogen-bond donors (Lipinski definition) is 0. The van der Waals surface area contributed by atoms with E-state index in [0.717, 1.165) is 5.56 Å². The highest BCUT2D eigenvalue weighted by Gasteiger charge is 2.28. The molecule has 3 atom stereocenters. The van der Waals surface area contributed by atoms with E-state index in [-0.39, 0.29) is 23.2 Å². The highest BCUT2D eigenvalue weighted by Crippen LogP contribution is 2.27. The average molecular weight is 306 g/mol. The van der Waals surface area contributed by atoms with Gasteiger partial charge in [-0.15, -0.1) is 0 Å². The molecule has 0 aliphatic carbocycles. The molecule has 3 unspecified atom stereocenters. The van der Waals surface area contributed by atoms with Gasteiger partial charge in [-0.25, -0.2) is 0 Å². The first-order valence-corrected chi connectivity index (χ1v) is 8.11. The Morgan fingerprint density at radius 1 is 1.14 bits per heavy atom. The van der Waals surface area contributed by atoms with Crippen molar-refractivity contribution in [3.8, 4) is 0 Å². The molecule has 1 aromatic carbocycles. The fraction of sp³-hybridized carbons (Fsp3) is 0.632. The Morgan fingerprint density at radius 3 is 2.23 bits per heavy atom. The van der Waals surface area contributed by atoms with E-state index in [1.807, 2.05) is 44.2 Å². The highest BCUT2D eigenvalue weighted by molar-refractivity contribution is 5.73. The summed E-state index contributed by atoms with van der Waals surface area (Å²) in [5.74, 6) is -0.282. The molecule has 0 spiro atoms. The Hall–Kier alpha value is -1.35. The van der Waals surface area contributed by atoms with Crippen molar-refractivity contribution in [1.82, 2.24) is 0 Å². The zero-order valence-electron chi connectivity index (χ0n) is 14.8. The molecule has 0 bridgehead atoms. The molecule has 0 aliphatic heterocycles. The number of benzene rings is 1. The molecule has 0 fully saturated rings.